The first-order valence-electron chi connectivity index (χ1n) is 9.97. The maximum atomic E-state index is 13.7. The van der Waals surface area contributed by atoms with E-state index < -0.39 is 41.2 Å². The number of nitrogens with one attached hydrogen (secondary N) is 2. The molecule has 0 aliphatic carbocycles. The number of carbonyl (C=O) groups excluding carboxylic acids is 1. The number of fused-ring (bicyclic) bond motifs is 1. The third-order valence-electron chi connectivity index (χ3n) is 5.97. The third-order valence-corrected chi connectivity index (χ3v) is 5.97. The molecule has 1 amide bonds. The van der Waals surface area contributed by atoms with Gasteiger partial charge in [-0.3, -0.25) is 10.2 Å². The number of aromatic amines is 1. The van der Waals surface area contributed by atoms with Gasteiger partial charge in [0.15, 0.2) is 22.9 Å². The Balaban J connectivity index is 0.000000212. The van der Waals surface area contributed by atoms with E-state index in [9.17, 15) is 26.7 Å². The van der Waals surface area contributed by atoms with Gasteiger partial charge in [0.25, 0.3) is 5.91 Å². The topological polar surface area (TPSA) is 115 Å². The number of H-pyrrole nitrogens is 1. The van der Waals surface area contributed by atoms with Crippen molar-refractivity contribution in [3.63, 3.8) is 0 Å². The van der Waals surface area contributed by atoms with E-state index in [2.05, 4.69) is 15.0 Å². The fourth-order valence-corrected chi connectivity index (χ4v) is 3.77. The zero-order valence-corrected chi connectivity index (χ0v) is 18.3. The van der Waals surface area contributed by atoms with Gasteiger partial charge in [-0.15, -0.1) is 0 Å². The monoisotopic (exact) mass is 487 g/mol. The molecule has 13 heteroatoms. The predicted molar refractivity (Wildman–Crippen MR) is 111 cm³/mol. The molecule has 4 rings (SSSR count). The molecule has 1 fully saturated rings. The van der Waals surface area contributed by atoms with E-state index >= 15 is 0 Å². The van der Waals surface area contributed by atoms with Gasteiger partial charge in [-0.25, -0.2) is 20.2 Å². The number of halogens is 5. The lowest BCUT2D eigenvalue weighted by Gasteiger charge is -2.32. The molecule has 3 atom stereocenters. The van der Waals surface area contributed by atoms with Crippen LogP contribution in [0.1, 0.15) is 35.8 Å². The van der Waals surface area contributed by atoms with Gasteiger partial charge in [-0.1, -0.05) is 13.0 Å². The Labute approximate surface area is 190 Å². The average molecular weight is 487 g/mol. The van der Waals surface area contributed by atoms with Crippen molar-refractivity contribution in [2.75, 3.05) is 13.7 Å². The first-order valence-corrected chi connectivity index (χ1v) is 9.97. The molecule has 34 heavy (non-hydrogen) atoms. The molecule has 184 valence electrons. The van der Waals surface area contributed by atoms with Crippen LogP contribution in [-0.4, -0.2) is 46.4 Å². The summed E-state index contributed by atoms with van der Waals surface area (Å²) in [7, 11) is 1.14. The molecule has 1 aliphatic rings. The van der Waals surface area contributed by atoms with Crippen LogP contribution in [0, 0.1) is 17.6 Å². The Hall–Kier alpha value is -3.32. The maximum Gasteiger partial charge on any atom is 0.417 e. The fourth-order valence-electron chi connectivity index (χ4n) is 3.77. The number of imidazole rings is 1. The molecule has 0 spiro atoms. The highest BCUT2D eigenvalue weighted by atomic mass is 19.4. The zero-order chi connectivity index (χ0) is 25.3. The quantitative estimate of drug-likeness (QED) is 0.225. The second kappa shape index (κ2) is 9.50. The highest BCUT2D eigenvalue weighted by molar-refractivity contribution is 6.02. The first-order chi connectivity index (χ1) is 16.0. The zero-order valence-electron chi connectivity index (χ0n) is 18.3. The highest BCUT2D eigenvalue weighted by Gasteiger charge is 2.61. The summed E-state index contributed by atoms with van der Waals surface area (Å²) in [6, 6.07) is 3.85. The van der Waals surface area contributed by atoms with E-state index in [4.69, 9.17) is 15.3 Å². The number of carbonyl (C=O) groups is 1. The first kappa shape index (κ1) is 25.3. The Bertz CT molecular complexity index is 1190. The van der Waals surface area contributed by atoms with E-state index in [1.54, 1.807) is 6.07 Å². The van der Waals surface area contributed by atoms with Crippen LogP contribution < -0.4 is 16.0 Å². The Kier molecular flexibility index (Phi) is 7.07. The lowest BCUT2D eigenvalue weighted by molar-refractivity contribution is -0.266. The molecule has 2 aromatic heterocycles. The number of nitrogens with two attached hydrogens (primary N) is 1. The van der Waals surface area contributed by atoms with Gasteiger partial charge in [0.1, 0.15) is 5.52 Å². The van der Waals surface area contributed by atoms with Crippen molar-refractivity contribution in [1.82, 2.24) is 20.4 Å². The van der Waals surface area contributed by atoms with Crippen molar-refractivity contribution in [2.45, 2.75) is 31.5 Å². The van der Waals surface area contributed by atoms with Gasteiger partial charge in [0, 0.05) is 23.6 Å². The van der Waals surface area contributed by atoms with Crippen LogP contribution in [0.4, 0.5) is 22.0 Å². The number of ether oxygens (including phenoxy) is 2. The van der Waals surface area contributed by atoms with Crippen LogP contribution in [0.3, 0.4) is 0 Å². The molecule has 3 heterocycles. The van der Waals surface area contributed by atoms with Crippen LogP contribution in [0.5, 0.6) is 5.75 Å². The number of nitrogen functional groups attached to an aromatic ring is 1. The van der Waals surface area contributed by atoms with Crippen LogP contribution in [0.25, 0.3) is 11.0 Å². The van der Waals surface area contributed by atoms with E-state index in [1.807, 2.05) is 5.43 Å². The molecule has 1 aromatic carbocycles. The van der Waals surface area contributed by atoms with Gasteiger partial charge in [0.2, 0.25) is 5.82 Å². The molecule has 0 bridgehead atoms. The minimum Gasteiger partial charge on any atom is -0.493 e. The molecule has 8 nitrogen and oxygen atoms in total. The molecular weight excluding hydrogens is 465 g/mol. The van der Waals surface area contributed by atoms with Crippen molar-refractivity contribution in [3.05, 3.63) is 53.6 Å². The smallest absolute Gasteiger partial charge is 0.417 e. The number of alkyl halides is 3. The Morgan fingerprint density at radius 2 is 2.00 bits per heavy atom. The molecule has 4 N–H and O–H groups in total. The van der Waals surface area contributed by atoms with Crippen LogP contribution in [0.15, 0.2) is 30.7 Å². The summed E-state index contributed by atoms with van der Waals surface area (Å²) in [5.74, 6) is 0.154. The summed E-state index contributed by atoms with van der Waals surface area (Å²) in [5.41, 5.74) is 1.36. The number of amides is 1. The van der Waals surface area contributed by atoms with Crippen molar-refractivity contribution in [1.29, 1.82) is 0 Å². The summed E-state index contributed by atoms with van der Waals surface area (Å²) in [6.45, 7) is 2.11. The Morgan fingerprint density at radius 3 is 2.59 bits per heavy atom. The summed E-state index contributed by atoms with van der Waals surface area (Å²) >= 11 is 0. The predicted octanol–water partition coefficient (Wildman–Crippen LogP) is 3.61. The highest BCUT2D eigenvalue weighted by Crippen LogP contribution is 2.51. The Morgan fingerprint density at radius 1 is 1.29 bits per heavy atom. The summed E-state index contributed by atoms with van der Waals surface area (Å²) in [4.78, 5) is 21.9. The van der Waals surface area contributed by atoms with E-state index in [0.717, 1.165) is 25.6 Å². The maximum absolute atomic E-state index is 13.7. The molecular formula is C21H22F5N5O3. The van der Waals surface area contributed by atoms with E-state index in [1.165, 1.54) is 25.5 Å². The van der Waals surface area contributed by atoms with Crippen LogP contribution in [0.2, 0.25) is 0 Å². The average Bonchev–Trinajstić information content (AvgIpc) is 3.40. The van der Waals surface area contributed by atoms with Gasteiger partial charge >= 0.3 is 6.18 Å². The molecule has 2 unspecified atom stereocenters. The molecule has 1 saturated heterocycles. The normalized spacial score (nSPS) is 22.3. The number of hydrogen-bond donors (Lipinski definition) is 3. The number of benzene rings is 1. The lowest BCUT2D eigenvalue weighted by Crippen LogP contribution is -2.46. The molecule has 1 aliphatic heterocycles. The summed E-state index contributed by atoms with van der Waals surface area (Å²) in [5, 5.41) is 0. The number of nitrogens with zero attached hydrogens (tertiary/aromatic N) is 2. The van der Waals surface area contributed by atoms with Crippen molar-refractivity contribution in [2.24, 2.45) is 11.8 Å². The SMILES string of the molecule is COc1c(C2CO[C@@](C)(C(F)(F)F)C2C)ccc(F)c1F.NNC(=O)c1nccc2[nH]cnc12. The second-order valence-corrected chi connectivity index (χ2v) is 7.73. The number of hydrazine groups is 1. The molecule has 0 saturated carbocycles. The largest absolute Gasteiger partial charge is 0.493 e. The van der Waals surface area contributed by atoms with Gasteiger partial charge in [0.05, 0.1) is 25.6 Å². The number of rotatable bonds is 3. The number of aromatic nitrogens is 3. The number of hydrogen-bond acceptors (Lipinski definition) is 6. The fraction of sp³-hybridized carbons (Fsp3) is 0.381. The lowest BCUT2D eigenvalue weighted by atomic mass is 9.79. The van der Waals surface area contributed by atoms with Crippen molar-refractivity contribution in [3.8, 4) is 5.75 Å². The summed E-state index contributed by atoms with van der Waals surface area (Å²) < 4.78 is 76.0. The van der Waals surface area contributed by atoms with Crippen molar-refractivity contribution < 1.29 is 36.2 Å². The molecule has 0 radical (unpaired) electrons. The van der Waals surface area contributed by atoms with E-state index in [0.29, 0.717) is 5.52 Å². The third kappa shape index (κ3) is 4.40. The summed E-state index contributed by atoms with van der Waals surface area (Å²) in [6.07, 6.45) is -1.53. The standard InChI is InChI=1S/C14H15F5O2.C7H7N5O/c1-7-9(6-21-13(7,2)14(17,18)19)8-4-5-10(15)11(16)12(8)20-3;8-12-7(13)6-5-4(1-2-9-6)10-3-11-5/h4-5,7,9H,6H2,1-3H3;1-3H,8H2,(H,10,11)(H,12,13)/t7?,9?,13-;/m1./s1. The minimum absolute atomic E-state index is 0.178. The minimum atomic E-state index is -4.55. The van der Waals surface area contributed by atoms with Gasteiger partial charge in [-0.05, 0) is 19.1 Å². The second-order valence-electron chi connectivity index (χ2n) is 7.73. The molecule has 3 aromatic rings. The van der Waals surface area contributed by atoms with Crippen LogP contribution in [-0.2, 0) is 4.74 Å². The van der Waals surface area contributed by atoms with E-state index in [-0.39, 0.29) is 23.6 Å². The van der Waals surface area contributed by atoms with Gasteiger partial charge in [-0.2, -0.15) is 17.6 Å². The van der Waals surface area contributed by atoms with Crippen LogP contribution >= 0.6 is 0 Å². The number of methoxy groups -OCH3 is 1. The van der Waals surface area contributed by atoms with Gasteiger partial charge < -0.3 is 14.5 Å². The van der Waals surface area contributed by atoms with Crippen molar-refractivity contribution >= 4 is 16.9 Å². The number of pyridine rings is 1.